The molecule has 1 atom stereocenters. The molecule has 2 aromatic carbocycles. The Balaban J connectivity index is 1.64. The molecule has 1 aliphatic rings. The number of benzene rings is 2. The number of hydrogen-bond acceptors (Lipinski definition) is 3. The van der Waals surface area contributed by atoms with E-state index in [1.165, 1.54) is 12.8 Å². The number of aromatic nitrogens is 2. The second-order valence-corrected chi connectivity index (χ2v) is 6.67. The van der Waals surface area contributed by atoms with Gasteiger partial charge in [0.2, 0.25) is 5.88 Å². The van der Waals surface area contributed by atoms with Crippen LogP contribution in [-0.4, -0.2) is 29.5 Å². The molecule has 2 heterocycles. The molecule has 0 aliphatic carbocycles. The number of piperidine rings is 1. The Hall–Kier alpha value is -2.04. The van der Waals surface area contributed by atoms with Gasteiger partial charge >= 0.3 is 0 Å². The maximum absolute atomic E-state index is 6.09. The lowest BCUT2D eigenvalue weighted by atomic mass is 10.0. The van der Waals surface area contributed by atoms with Crippen molar-refractivity contribution in [2.24, 2.45) is 5.92 Å². The van der Waals surface area contributed by atoms with E-state index in [4.69, 9.17) is 21.4 Å². The molecule has 124 valence electrons. The summed E-state index contributed by atoms with van der Waals surface area (Å²) in [5, 5.41) is 9.89. The van der Waals surface area contributed by atoms with Crippen molar-refractivity contribution in [1.29, 1.82) is 0 Å². The first-order chi connectivity index (χ1) is 11.8. The highest BCUT2D eigenvalue weighted by Gasteiger charge is 2.17. The second-order valence-electron chi connectivity index (χ2n) is 6.23. The van der Waals surface area contributed by atoms with E-state index < -0.39 is 0 Å². The number of para-hydroxylation sites is 1. The maximum Gasteiger partial charge on any atom is 0.241 e. The highest BCUT2D eigenvalue weighted by atomic mass is 35.5. The first-order valence-electron chi connectivity index (χ1n) is 8.38. The average Bonchev–Trinajstić information content (AvgIpc) is 3.00. The molecule has 4 rings (SSSR count). The van der Waals surface area contributed by atoms with Crippen molar-refractivity contribution in [3.05, 3.63) is 53.6 Å². The Bertz CT molecular complexity index is 822. The molecule has 1 aromatic heterocycles. The molecule has 1 saturated heterocycles. The second kappa shape index (κ2) is 6.83. The van der Waals surface area contributed by atoms with Crippen LogP contribution in [0.25, 0.3) is 16.6 Å². The summed E-state index contributed by atoms with van der Waals surface area (Å²) in [5.74, 6) is 1.25. The maximum atomic E-state index is 6.09. The van der Waals surface area contributed by atoms with E-state index in [1.807, 2.05) is 41.1 Å². The minimum absolute atomic E-state index is 0.554. The molecule has 0 saturated carbocycles. The average molecular weight is 342 g/mol. The van der Waals surface area contributed by atoms with Crippen molar-refractivity contribution < 1.29 is 4.74 Å². The molecule has 3 aromatic rings. The van der Waals surface area contributed by atoms with Crippen LogP contribution in [0.5, 0.6) is 5.88 Å². The smallest absolute Gasteiger partial charge is 0.241 e. The quantitative estimate of drug-likeness (QED) is 0.778. The summed E-state index contributed by atoms with van der Waals surface area (Å²) in [6.07, 6.45) is 2.43. The Morgan fingerprint density at radius 1 is 1.17 bits per heavy atom. The zero-order valence-electron chi connectivity index (χ0n) is 13.4. The highest BCUT2D eigenvalue weighted by molar-refractivity contribution is 6.30. The Kier molecular flexibility index (Phi) is 4.41. The summed E-state index contributed by atoms with van der Waals surface area (Å²) in [6, 6.07) is 15.8. The lowest BCUT2D eigenvalue weighted by Crippen LogP contribution is -2.33. The lowest BCUT2D eigenvalue weighted by Gasteiger charge is -2.22. The third-order valence-electron chi connectivity index (χ3n) is 4.48. The van der Waals surface area contributed by atoms with Crippen molar-refractivity contribution in [1.82, 2.24) is 15.1 Å². The van der Waals surface area contributed by atoms with E-state index in [0.717, 1.165) is 34.7 Å². The Morgan fingerprint density at radius 3 is 2.79 bits per heavy atom. The Morgan fingerprint density at radius 2 is 2.00 bits per heavy atom. The fourth-order valence-corrected chi connectivity index (χ4v) is 3.31. The van der Waals surface area contributed by atoms with Gasteiger partial charge in [0.15, 0.2) is 0 Å². The normalized spacial score (nSPS) is 18.0. The molecule has 0 radical (unpaired) electrons. The fourth-order valence-electron chi connectivity index (χ4n) is 3.19. The van der Waals surface area contributed by atoms with Gasteiger partial charge in [0, 0.05) is 17.5 Å². The topological polar surface area (TPSA) is 39.1 Å². The van der Waals surface area contributed by atoms with Gasteiger partial charge in [-0.15, -0.1) is 5.10 Å². The van der Waals surface area contributed by atoms with Crippen LogP contribution >= 0.6 is 11.6 Å². The van der Waals surface area contributed by atoms with Crippen LogP contribution in [0.4, 0.5) is 0 Å². The molecule has 1 unspecified atom stereocenters. The molecule has 4 nitrogen and oxygen atoms in total. The van der Waals surface area contributed by atoms with Gasteiger partial charge < -0.3 is 10.1 Å². The zero-order chi connectivity index (χ0) is 16.4. The molecule has 1 N–H and O–H groups in total. The largest absolute Gasteiger partial charge is 0.476 e. The fraction of sp³-hybridized carbons (Fsp3) is 0.316. The predicted molar refractivity (Wildman–Crippen MR) is 97.2 cm³/mol. The van der Waals surface area contributed by atoms with Crippen LogP contribution < -0.4 is 10.1 Å². The van der Waals surface area contributed by atoms with E-state index in [2.05, 4.69) is 17.4 Å². The first-order valence-corrected chi connectivity index (χ1v) is 8.76. The summed E-state index contributed by atoms with van der Waals surface area (Å²) in [5.41, 5.74) is 2.02. The van der Waals surface area contributed by atoms with Crippen LogP contribution in [0.3, 0.4) is 0 Å². The summed E-state index contributed by atoms with van der Waals surface area (Å²) >= 11 is 6.00. The molecule has 0 spiro atoms. The van der Waals surface area contributed by atoms with Crippen molar-refractivity contribution in [3.63, 3.8) is 0 Å². The van der Waals surface area contributed by atoms with Crippen molar-refractivity contribution >= 4 is 22.5 Å². The summed E-state index contributed by atoms with van der Waals surface area (Å²) in [4.78, 5) is 0. The SMILES string of the molecule is Clc1ccc(-n2nc(OCC3CCCNC3)c3ccccc32)cc1. The van der Waals surface area contributed by atoms with Gasteiger partial charge in [-0.1, -0.05) is 23.7 Å². The van der Waals surface area contributed by atoms with Gasteiger partial charge in [-0.2, -0.15) is 0 Å². The van der Waals surface area contributed by atoms with E-state index in [0.29, 0.717) is 18.4 Å². The first kappa shape index (κ1) is 15.5. The molecule has 5 heteroatoms. The number of halogens is 1. The molecule has 1 fully saturated rings. The van der Waals surface area contributed by atoms with Crippen LogP contribution in [0.1, 0.15) is 12.8 Å². The van der Waals surface area contributed by atoms with Crippen LogP contribution in [0, 0.1) is 5.92 Å². The standard InChI is InChI=1S/C19H20ClN3O/c20-15-7-9-16(10-8-15)23-18-6-2-1-5-17(18)19(22-23)24-13-14-4-3-11-21-12-14/h1-2,5-10,14,21H,3-4,11-13H2. The molecular weight excluding hydrogens is 322 g/mol. The predicted octanol–water partition coefficient (Wildman–Crippen LogP) is 4.06. The van der Waals surface area contributed by atoms with Gasteiger partial charge in [-0.05, 0) is 55.8 Å². The molecule has 24 heavy (non-hydrogen) atoms. The van der Waals surface area contributed by atoms with E-state index in [-0.39, 0.29) is 0 Å². The van der Waals surface area contributed by atoms with Gasteiger partial charge in [0.05, 0.1) is 23.2 Å². The molecule has 0 bridgehead atoms. The van der Waals surface area contributed by atoms with Gasteiger partial charge in [-0.25, -0.2) is 4.68 Å². The van der Waals surface area contributed by atoms with E-state index in [1.54, 1.807) is 0 Å². The number of fused-ring (bicyclic) bond motifs is 1. The monoisotopic (exact) mass is 341 g/mol. The number of hydrogen-bond donors (Lipinski definition) is 1. The van der Waals surface area contributed by atoms with E-state index >= 15 is 0 Å². The number of nitrogens with zero attached hydrogens (tertiary/aromatic N) is 2. The van der Waals surface area contributed by atoms with Gasteiger partial charge in [0.1, 0.15) is 0 Å². The van der Waals surface area contributed by atoms with Crippen LogP contribution in [0.2, 0.25) is 5.02 Å². The molecule has 0 amide bonds. The number of rotatable bonds is 4. The third-order valence-corrected chi connectivity index (χ3v) is 4.73. The third kappa shape index (κ3) is 3.12. The van der Waals surface area contributed by atoms with Crippen molar-refractivity contribution in [3.8, 4) is 11.6 Å². The summed E-state index contributed by atoms with van der Waals surface area (Å²) in [6.45, 7) is 2.84. The minimum Gasteiger partial charge on any atom is -0.476 e. The molecular formula is C19H20ClN3O. The van der Waals surface area contributed by atoms with Crippen LogP contribution in [-0.2, 0) is 0 Å². The van der Waals surface area contributed by atoms with Crippen LogP contribution in [0.15, 0.2) is 48.5 Å². The van der Waals surface area contributed by atoms with Crippen molar-refractivity contribution in [2.75, 3.05) is 19.7 Å². The lowest BCUT2D eigenvalue weighted by molar-refractivity contribution is 0.213. The van der Waals surface area contributed by atoms with Gasteiger partial charge in [0.25, 0.3) is 0 Å². The zero-order valence-corrected chi connectivity index (χ0v) is 14.2. The summed E-state index contributed by atoms with van der Waals surface area (Å²) in [7, 11) is 0. The molecule has 1 aliphatic heterocycles. The van der Waals surface area contributed by atoms with E-state index in [9.17, 15) is 0 Å². The van der Waals surface area contributed by atoms with Crippen molar-refractivity contribution in [2.45, 2.75) is 12.8 Å². The highest BCUT2D eigenvalue weighted by Crippen LogP contribution is 2.28. The minimum atomic E-state index is 0.554. The summed E-state index contributed by atoms with van der Waals surface area (Å²) < 4.78 is 8.00. The number of nitrogens with one attached hydrogen (secondary N) is 1. The Labute approximate surface area is 146 Å². The van der Waals surface area contributed by atoms with Gasteiger partial charge in [-0.3, -0.25) is 0 Å². The number of ether oxygens (including phenoxy) is 1.